The van der Waals surface area contributed by atoms with Crippen molar-refractivity contribution >= 4 is 5.91 Å². The third kappa shape index (κ3) is 5.32. The summed E-state index contributed by atoms with van der Waals surface area (Å²) < 4.78 is 62.1. The second-order valence-corrected chi connectivity index (χ2v) is 7.85. The third-order valence-corrected chi connectivity index (χ3v) is 5.86. The highest BCUT2D eigenvalue weighted by Crippen LogP contribution is 2.43. The average Bonchev–Trinajstić information content (AvgIpc) is 3.30. The van der Waals surface area contributed by atoms with E-state index in [1.807, 2.05) is 6.07 Å². The van der Waals surface area contributed by atoms with Crippen LogP contribution in [0, 0.1) is 11.3 Å². The first kappa shape index (κ1) is 24.7. The maximum absolute atomic E-state index is 13.2. The lowest BCUT2D eigenvalue weighted by Crippen LogP contribution is -2.53. The topological polar surface area (TPSA) is 103 Å². The molecule has 0 saturated carbocycles. The lowest BCUT2D eigenvalue weighted by Gasteiger charge is -2.41. The maximum Gasteiger partial charge on any atom is 0.522 e. The van der Waals surface area contributed by atoms with E-state index < -0.39 is 24.7 Å². The quantitative estimate of drug-likeness (QED) is 0.543. The number of rotatable bonds is 7. The van der Waals surface area contributed by atoms with Crippen molar-refractivity contribution in [3.8, 4) is 17.7 Å². The molecule has 3 heterocycles. The van der Waals surface area contributed by atoms with Gasteiger partial charge in [0.05, 0.1) is 31.9 Å². The van der Waals surface area contributed by atoms with Crippen molar-refractivity contribution in [2.75, 3.05) is 40.2 Å². The van der Waals surface area contributed by atoms with E-state index in [0.29, 0.717) is 18.5 Å². The van der Waals surface area contributed by atoms with Crippen LogP contribution in [0.5, 0.6) is 11.6 Å². The third-order valence-electron chi connectivity index (χ3n) is 5.86. The Morgan fingerprint density at radius 2 is 2.14 bits per heavy atom. The lowest BCUT2D eigenvalue weighted by molar-refractivity contribution is -0.325. The Kier molecular flexibility index (Phi) is 7.11. The molecule has 1 amide bonds. The van der Waals surface area contributed by atoms with E-state index in [9.17, 15) is 23.2 Å². The minimum atomic E-state index is -4.75. The molecule has 35 heavy (non-hydrogen) atoms. The number of halogens is 3. The Balaban J connectivity index is 1.44. The van der Waals surface area contributed by atoms with Gasteiger partial charge in [0.25, 0.3) is 11.8 Å². The fourth-order valence-electron chi connectivity index (χ4n) is 4.20. The van der Waals surface area contributed by atoms with E-state index in [-0.39, 0.29) is 43.2 Å². The smallest absolute Gasteiger partial charge is 0.486 e. The molecule has 0 N–H and O–H groups in total. The van der Waals surface area contributed by atoms with Gasteiger partial charge < -0.3 is 23.8 Å². The molecule has 1 unspecified atom stereocenters. The number of nitriles is 1. The van der Waals surface area contributed by atoms with Crippen LogP contribution in [0.2, 0.25) is 0 Å². The molecule has 12 heteroatoms. The number of benzene rings is 1. The Morgan fingerprint density at radius 3 is 2.89 bits per heavy atom. The fourth-order valence-corrected chi connectivity index (χ4v) is 4.20. The van der Waals surface area contributed by atoms with Gasteiger partial charge >= 0.3 is 6.36 Å². The van der Waals surface area contributed by atoms with Gasteiger partial charge in [0.15, 0.2) is 5.75 Å². The number of ether oxygens (including phenoxy) is 5. The molecule has 186 valence electrons. The molecule has 0 spiro atoms. The van der Waals surface area contributed by atoms with Crippen LogP contribution in [0.15, 0.2) is 36.4 Å². The predicted octanol–water partition coefficient (Wildman–Crippen LogP) is 2.99. The van der Waals surface area contributed by atoms with E-state index in [1.54, 1.807) is 23.1 Å². The van der Waals surface area contributed by atoms with Crippen LogP contribution in [-0.4, -0.2) is 68.5 Å². The van der Waals surface area contributed by atoms with Gasteiger partial charge in [-0.2, -0.15) is 5.26 Å². The Morgan fingerprint density at radius 1 is 1.31 bits per heavy atom. The van der Waals surface area contributed by atoms with Crippen molar-refractivity contribution in [3.63, 3.8) is 0 Å². The van der Waals surface area contributed by atoms with Gasteiger partial charge in [-0.25, -0.2) is 4.98 Å². The van der Waals surface area contributed by atoms with E-state index in [0.717, 1.165) is 5.56 Å². The molecule has 2 saturated heterocycles. The summed E-state index contributed by atoms with van der Waals surface area (Å²) in [5.74, 6) is -0.328. The zero-order valence-corrected chi connectivity index (χ0v) is 18.7. The summed E-state index contributed by atoms with van der Waals surface area (Å²) in [7, 11) is 1.31. The number of amides is 1. The summed E-state index contributed by atoms with van der Waals surface area (Å²) in [5, 5.41) is 9.24. The first-order chi connectivity index (χ1) is 16.8. The van der Waals surface area contributed by atoms with Gasteiger partial charge in [-0.05, 0) is 29.8 Å². The van der Waals surface area contributed by atoms with Crippen LogP contribution < -0.4 is 9.47 Å². The number of hydrogen-bond acceptors (Lipinski definition) is 8. The minimum absolute atomic E-state index is 0.0389. The van der Waals surface area contributed by atoms with Crippen LogP contribution in [0.25, 0.3) is 0 Å². The number of piperidine rings is 1. The number of carbonyl (C=O) groups excluding carboxylic acids is 1. The molecule has 0 aliphatic carbocycles. The van der Waals surface area contributed by atoms with Gasteiger partial charge in [0.1, 0.15) is 30.8 Å². The number of likely N-dealkylation sites (tertiary alicyclic amines) is 1. The maximum atomic E-state index is 13.2. The Bertz CT molecular complexity index is 1120. The van der Waals surface area contributed by atoms with Gasteiger partial charge in [0, 0.05) is 13.0 Å². The predicted molar refractivity (Wildman–Crippen MR) is 112 cm³/mol. The molecule has 2 aromatic rings. The number of methoxy groups -OCH3 is 1. The number of alkyl halides is 3. The summed E-state index contributed by atoms with van der Waals surface area (Å²) in [5.41, 5.74) is 0.652. The molecular formula is C23H22F3N3O6. The molecule has 1 aromatic heterocycles. The molecule has 2 atom stereocenters. The molecule has 0 radical (unpaired) electrons. The van der Waals surface area contributed by atoms with Crippen LogP contribution >= 0.6 is 0 Å². The number of pyridine rings is 1. The second kappa shape index (κ2) is 10.1. The number of fused-ring (bicyclic) bond motifs is 1. The molecule has 0 bridgehead atoms. The highest BCUT2D eigenvalue weighted by atomic mass is 19.4. The van der Waals surface area contributed by atoms with E-state index in [1.165, 1.54) is 19.2 Å². The average molecular weight is 493 g/mol. The van der Waals surface area contributed by atoms with Crippen molar-refractivity contribution in [3.05, 3.63) is 53.2 Å². The number of carbonyl (C=O) groups is 1. The van der Waals surface area contributed by atoms with Crippen LogP contribution in [-0.2, 0) is 19.8 Å². The molecule has 2 aliphatic rings. The second-order valence-electron chi connectivity index (χ2n) is 7.85. The zero-order chi connectivity index (χ0) is 25.1. The zero-order valence-electron chi connectivity index (χ0n) is 18.7. The number of aromatic nitrogens is 1. The molecular weight excluding hydrogens is 471 g/mol. The molecule has 2 aliphatic heterocycles. The Labute approximate surface area is 198 Å². The minimum Gasteiger partial charge on any atom is -0.486 e. The highest BCUT2D eigenvalue weighted by molar-refractivity contribution is 5.92. The van der Waals surface area contributed by atoms with E-state index in [4.69, 9.17) is 18.9 Å². The van der Waals surface area contributed by atoms with E-state index >= 15 is 0 Å². The van der Waals surface area contributed by atoms with Gasteiger partial charge in [0.2, 0.25) is 0 Å². The molecule has 1 aromatic carbocycles. The molecule has 2 fully saturated rings. The first-order valence-electron chi connectivity index (χ1n) is 10.7. The largest absolute Gasteiger partial charge is 0.522 e. The highest BCUT2D eigenvalue weighted by Gasteiger charge is 2.51. The van der Waals surface area contributed by atoms with Crippen LogP contribution in [0.1, 0.15) is 28.0 Å². The monoisotopic (exact) mass is 493 g/mol. The van der Waals surface area contributed by atoms with Crippen molar-refractivity contribution in [2.45, 2.75) is 24.5 Å². The SMILES string of the molecule is COc1nc(C(=O)N2CC[C@]3(c4cccc(C#N)c4)OCOC3C2)ccc1OCCOC(F)(F)F. The van der Waals surface area contributed by atoms with Crippen molar-refractivity contribution in [2.24, 2.45) is 0 Å². The van der Waals surface area contributed by atoms with Crippen LogP contribution in [0.3, 0.4) is 0 Å². The van der Waals surface area contributed by atoms with E-state index in [2.05, 4.69) is 15.8 Å². The normalized spacial score (nSPS) is 21.8. The van der Waals surface area contributed by atoms with Crippen molar-refractivity contribution < 1.29 is 41.7 Å². The van der Waals surface area contributed by atoms with Crippen molar-refractivity contribution in [1.82, 2.24) is 9.88 Å². The molecule has 9 nitrogen and oxygen atoms in total. The molecule has 4 rings (SSSR count). The van der Waals surface area contributed by atoms with Gasteiger partial charge in [-0.1, -0.05) is 12.1 Å². The summed E-state index contributed by atoms with van der Waals surface area (Å²) in [6.07, 6.45) is -4.73. The van der Waals surface area contributed by atoms with Crippen LogP contribution in [0.4, 0.5) is 13.2 Å². The first-order valence-corrected chi connectivity index (χ1v) is 10.7. The summed E-state index contributed by atoms with van der Waals surface area (Å²) in [4.78, 5) is 18.9. The van der Waals surface area contributed by atoms with Crippen molar-refractivity contribution in [1.29, 1.82) is 5.26 Å². The fraction of sp³-hybridized carbons (Fsp3) is 0.435. The number of hydrogen-bond donors (Lipinski definition) is 0. The standard InChI is InChI=1S/C23H22F3N3O6/c1-31-20-18(32-9-10-34-23(24,25)26)6-5-17(28-20)21(30)29-8-7-22(19(13-29)33-14-35-22)16-4-2-3-15(11-16)12-27/h2-6,11,19H,7-10,13-14H2,1H3/t19?,22-/m1/s1. The Hall–Kier alpha value is -3.40. The number of nitrogens with zero attached hydrogens (tertiary/aromatic N) is 3. The summed E-state index contributed by atoms with van der Waals surface area (Å²) in [6, 6.07) is 12.1. The lowest BCUT2D eigenvalue weighted by atomic mass is 9.81. The summed E-state index contributed by atoms with van der Waals surface area (Å²) in [6.45, 7) is -0.423. The summed E-state index contributed by atoms with van der Waals surface area (Å²) >= 11 is 0. The van der Waals surface area contributed by atoms with Gasteiger partial charge in [-0.3, -0.25) is 9.53 Å². The van der Waals surface area contributed by atoms with Gasteiger partial charge in [-0.15, -0.1) is 13.2 Å².